The summed E-state index contributed by atoms with van der Waals surface area (Å²) >= 11 is 0. The van der Waals surface area contributed by atoms with Gasteiger partial charge in [0.05, 0.1) is 6.10 Å². The first-order chi connectivity index (χ1) is 15.5. The van der Waals surface area contributed by atoms with E-state index in [1.54, 1.807) is 24.3 Å². The molecule has 1 saturated heterocycles. The largest absolute Gasteiger partial charge is 0.480 e. The summed E-state index contributed by atoms with van der Waals surface area (Å²) in [7, 11) is 0. The van der Waals surface area contributed by atoms with Crippen molar-refractivity contribution in [1.82, 2.24) is 5.32 Å². The molecule has 3 rings (SSSR count). The Bertz CT molecular complexity index is 908. The summed E-state index contributed by atoms with van der Waals surface area (Å²) in [6, 6.07) is 14.8. The molecule has 172 valence electrons. The Morgan fingerprint density at radius 3 is 2.66 bits per heavy atom. The lowest BCUT2D eigenvalue weighted by Gasteiger charge is -2.21. The first-order valence-corrected chi connectivity index (χ1v) is 11.6. The van der Waals surface area contributed by atoms with E-state index in [9.17, 15) is 9.59 Å². The Morgan fingerprint density at radius 1 is 1.12 bits per heavy atom. The highest BCUT2D eigenvalue weighted by Gasteiger charge is 2.22. The van der Waals surface area contributed by atoms with Crippen LogP contribution in [0.1, 0.15) is 68.3 Å². The van der Waals surface area contributed by atoms with Crippen LogP contribution in [-0.2, 0) is 9.53 Å². The summed E-state index contributed by atoms with van der Waals surface area (Å²) in [6.45, 7) is 7.46. The van der Waals surface area contributed by atoms with Gasteiger partial charge < -0.3 is 20.1 Å². The van der Waals surface area contributed by atoms with E-state index in [2.05, 4.69) is 24.5 Å². The molecule has 6 heteroatoms. The van der Waals surface area contributed by atoms with E-state index in [1.807, 2.05) is 31.2 Å². The molecule has 0 aliphatic carbocycles. The van der Waals surface area contributed by atoms with Crippen molar-refractivity contribution in [2.75, 3.05) is 18.5 Å². The predicted molar refractivity (Wildman–Crippen MR) is 126 cm³/mol. The summed E-state index contributed by atoms with van der Waals surface area (Å²) < 4.78 is 11.7. The number of hydrogen-bond donors (Lipinski definition) is 2. The van der Waals surface area contributed by atoms with Crippen LogP contribution in [0, 0.1) is 0 Å². The molecule has 0 spiro atoms. The van der Waals surface area contributed by atoms with Crippen LogP contribution in [0.2, 0.25) is 0 Å². The fourth-order valence-corrected chi connectivity index (χ4v) is 3.77. The minimum Gasteiger partial charge on any atom is -0.480 e. The van der Waals surface area contributed by atoms with Gasteiger partial charge in [0, 0.05) is 24.4 Å². The van der Waals surface area contributed by atoms with Gasteiger partial charge in [-0.3, -0.25) is 9.59 Å². The van der Waals surface area contributed by atoms with Gasteiger partial charge in [-0.15, -0.1) is 0 Å². The number of anilines is 1. The number of para-hydroxylation sites is 1. The Labute approximate surface area is 190 Å². The molecule has 3 atom stereocenters. The summed E-state index contributed by atoms with van der Waals surface area (Å²) in [5, 5.41) is 5.81. The van der Waals surface area contributed by atoms with E-state index in [-0.39, 0.29) is 17.9 Å². The summed E-state index contributed by atoms with van der Waals surface area (Å²) in [6.07, 6.45) is 2.98. The lowest BCUT2D eigenvalue weighted by atomic mass is 9.98. The highest BCUT2D eigenvalue weighted by atomic mass is 16.5. The monoisotopic (exact) mass is 438 g/mol. The van der Waals surface area contributed by atoms with Gasteiger partial charge in [0.2, 0.25) is 0 Å². The number of carbonyl (C=O) groups excluding carboxylic acids is 2. The highest BCUT2D eigenvalue weighted by molar-refractivity contribution is 5.98. The number of carbonyl (C=O) groups is 2. The topological polar surface area (TPSA) is 76.7 Å². The third-order valence-electron chi connectivity index (χ3n) is 5.90. The van der Waals surface area contributed by atoms with Crippen LogP contribution < -0.4 is 15.4 Å². The first kappa shape index (κ1) is 23.8. The number of amides is 2. The van der Waals surface area contributed by atoms with Crippen LogP contribution in [0.5, 0.6) is 5.75 Å². The van der Waals surface area contributed by atoms with Gasteiger partial charge in [-0.1, -0.05) is 45.0 Å². The smallest absolute Gasteiger partial charge is 0.265 e. The molecule has 1 heterocycles. The van der Waals surface area contributed by atoms with Crippen LogP contribution in [0.15, 0.2) is 48.5 Å². The van der Waals surface area contributed by atoms with Gasteiger partial charge in [0.25, 0.3) is 11.8 Å². The molecule has 2 amide bonds. The third kappa shape index (κ3) is 6.33. The van der Waals surface area contributed by atoms with Gasteiger partial charge in [0.1, 0.15) is 5.75 Å². The quantitative estimate of drug-likeness (QED) is 0.553. The van der Waals surface area contributed by atoms with Gasteiger partial charge in [-0.05, 0) is 61.4 Å². The molecule has 0 radical (unpaired) electrons. The van der Waals surface area contributed by atoms with Gasteiger partial charge >= 0.3 is 0 Å². The number of benzene rings is 2. The standard InChI is InChI=1S/C26H34N2O4/c1-4-18(3)22-13-6-7-14-24(22)32-23(5-2)26(30)28-20-11-8-10-19(16-20)25(29)27-17-21-12-9-15-31-21/h6-8,10-11,13-14,16,18,21,23H,4-5,9,12,15,17H2,1-3H3,(H,27,29)(H,28,30). The third-order valence-corrected chi connectivity index (χ3v) is 5.90. The molecule has 2 aromatic rings. The van der Waals surface area contributed by atoms with Gasteiger partial charge in [-0.2, -0.15) is 0 Å². The van der Waals surface area contributed by atoms with Crippen molar-refractivity contribution in [3.05, 3.63) is 59.7 Å². The average Bonchev–Trinajstić information content (AvgIpc) is 3.34. The Kier molecular flexibility index (Phi) is 8.68. The molecular formula is C26H34N2O4. The first-order valence-electron chi connectivity index (χ1n) is 11.6. The lowest BCUT2D eigenvalue weighted by Crippen LogP contribution is -2.33. The van der Waals surface area contributed by atoms with E-state index in [0.29, 0.717) is 30.1 Å². The molecule has 0 saturated carbocycles. The van der Waals surface area contributed by atoms with Crippen LogP contribution in [0.3, 0.4) is 0 Å². The zero-order valence-electron chi connectivity index (χ0n) is 19.2. The maximum Gasteiger partial charge on any atom is 0.265 e. The van der Waals surface area contributed by atoms with Crippen LogP contribution in [0.25, 0.3) is 0 Å². The second kappa shape index (κ2) is 11.7. The highest BCUT2D eigenvalue weighted by Crippen LogP contribution is 2.29. The van der Waals surface area contributed by atoms with Crippen molar-refractivity contribution in [2.45, 2.75) is 64.6 Å². The Morgan fingerprint density at radius 2 is 1.94 bits per heavy atom. The molecule has 1 aliphatic heterocycles. The normalized spacial score (nSPS) is 17.4. The Hall–Kier alpha value is -2.86. The van der Waals surface area contributed by atoms with Crippen LogP contribution >= 0.6 is 0 Å². The van der Waals surface area contributed by atoms with Crippen molar-refractivity contribution in [1.29, 1.82) is 0 Å². The second-order valence-corrected chi connectivity index (χ2v) is 8.28. The molecule has 2 N–H and O–H groups in total. The number of hydrogen-bond acceptors (Lipinski definition) is 4. The van der Waals surface area contributed by atoms with Gasteiger partial charge in [0.15, 0.2) is 6.10 Å². The number of nitrogens with one attached hydrogen (secondary N) is 2. The summed E-state index contributed by atoms with van der Waals surface area (Å²) in [5.74, 6) is 0.674. The summed E-state index contributed by atoms with van der Waals surface area (Å²) in [4.78, 5) is 25.4. The fourth-order valence-electron chi connectivity index (χ4n) is 3.77. The van der Waals surface area contributed by atoms with E-state index >= 15 is 0 Å². The van der Waals surface area contributed by atoms with Crippen molar-refractivity contribution in [3.8, 4) is 5.75 Å². The minimum atomic E-state index is -0.628. The van der Waals surface area contributed by atoms with Crippen molar-refractivity contribution in [3.63, 3.8) is 0 Å². The molecule has 1 fully saturated rings. The molecule has 1 aliphatic rings. The SMILES string of the molecule is CCC(Oc1ccccc1C(C)CC)C(=O)Nc1cccc(C(=O)NCC2CCCO2)c1. The van der Waals surface area contributed by atoms with Crippen LogP contribution in [-0.4, -0.2) is 37.2 Å². The van der Waals surface area contributed by atoms with E-state index in [0.717, 1.165) is 37.2 Å². The molecule has 2 aromatic carbocycles. The summed E-state index contributed by atoms with van der Waals surface area (Å²) in [5.41, 5.74) is 2.17. The van der Waals surface area contributed by atoms with E-state index in [4.69, 9.17) is 9.47 Å². The second-order valence-electron chi connectivity index (χ2n) is 8.28. The zero-order chi connectivity index (χ0) is 22.9. The molecule has 6 nitrogen and oxygen atoms in total. The van der Waals surface area contributed by atoms with Crippen molar-refractivity contribution in [2.24, 2.45) is 0 Å². The molecule has 0 aromatic heterocycles. The molecule has 32 heavy (non-hydrogen) atoms. The Balaban J connectivity index is 1.63. The van der Waals surface area contributed by atoms with Crippen molar-refractivity contribution >= 4 is 17.5 Å². The maximum absolute atomic E-state index is 12.9. The number of ether oxygens (including phenoxy) is 2. The van der Waals surface area contributed by atoms with Crippen molar-refractivity contribution < 1.29 is 19.1 Å². The van der Waals surface area contributed by atoms with E-state index < -0.39 is 6.10 Å². The minimum absolute atomic E-state index is 0.0857. The maximum atomic E-state index is 12.9. The van der Waals surface area contributed by atoms with E-state index in [1.165, 1.54) is 0 Å². The fraction of sp³-hybridized carbons (Fsp3) is 0.462. The lowest BCUT2D eigenvalue weighted by molar-refractivity contribution is -0.122. The zero-order valence-corrected chi connectivity index (χ0v) is 19.2. The molecular weight excluding hydrogens is 404 g/mol. The van der Waals surface area contributed by atoms with Gasteiger partial charge in [-0.25, -0.2) is 0 Å². The molecule has 3 unspecified atom stereocenters. The molecule has 0 bridgehead atoms. The average molecular weight is 439 g/mol. The van der Waals surface area contributed by atoms with Crippen LogP contribution in [0.4, 0.5) is 5.69 Å². The number of rotatable bonds is 10. The predicted octanol–water partition coefficient (Wildman–Crippen LogP) is 4.91.